The summed E-state index contributed by atoms with van der Waals surface area (Å²) in [5, 5.41) is 8.41. The van der Waals surface area contributed by atoms with Gasteiger partial charge in [0.15, 0.2) is 5.66 Å². The lowest BCUT2D eigenvalue weighted by atomic mass is 9.95. The lowest BCUT2D eigenvalue weighted by Gasteiger charge is -2.40. The molecule has 3 aliphatic heterocycles. The molecule has 2 N–H and O–H groups in total. The fraction of sp³-hybridized carbons (Fsp3) is 0.472. The smallest absolute Gasteiger partial charge is 0.262 e. The quantitative estimate of drug-likeness (QED) is 0.288. The van der Waals surface area contributed by atoms with Crippen LogP contribution in [0.1, 0.15) is 67.4 Å². The number of ether oxygens (including phenoxy) is 1. The number of nitrogens with zero attached hydrogens (tertiary/aromatic N) is 3. The Morgan fingerprint density at radius 3 is 1.80 bits per heavy atom. The summed E-state index contributed by atoms with van der Waals surface area (Å²) in [6.45, 7) is 6.87. The zero-order valence-corrected chi connectivity index (χ0v) is 32.2. The Morgan fingerprint density at radius 1 is 0.784 bits per heavy atom. The molecule has 6 rings (SSSR count). The van der Waals surface area contributed by atoms with Gasteiger partial charge < -0.3 is 9.64 Å². The first-order valence-electron chi connectivity index (χ1n) is 17.4. The SMILES string of the molecule is CCOc1cc(C)c(S(=O)(=O)N2CCCCC2)cc1C1(C(=O)N2CCN(S(=O)(=O)CC)CC2)N[C@H](c2ccc(Cl)cc2)[C@H](c2ccc(Cl)cc2)N1. The zero-order valence-electron chi connectivity index (χ0n) is 29.1. The minimum absolute atomic E-state index is 0.0328. The van der Waals surface area contributed by atoms with E-state index >= 15 is 4.79 Å². The van der Waals surface area contributed by atoms with Gasteiger partial charge in [-0.25, -0.2) is 16.8 Å². The van der Waals surface area contributed by atoms with Gasteiger partial charge in [-0.15, -0.1) is 0 Å². The van der Waals surface area contributed by atoms with E-state index in [1.165, 1.54) is 8.61 Å². The van der Waals surface area contributed by atoms with Crippen LogP contribution in [0.5, 0.6) is 5.75 Å². The number of piperidine rings is 1. The molecule has 3 saturated heterocycles. The Kier molecular flexibility index (Phi) is 11.4. The first-order chi connectivity index (χ1) is 24.3. The van der Waals surface area contributed by atoms with E-state index in [1.54, 1.807) is 55.1 Å². The molecule has 3 atom stereocenters. The number of aryl methyl sites for hydroxylation is 1. The molecule has 11 nitrogen and oxygen atoms in total. The van der Waals surface area contributed by atoms with Gasteiger partial charge in [-0.2, -0.15) is 8.61 Å². The molecule has 0 spiro atoms. The van der Waals surface area contributed by atoms with Crippen molar-refractivity contribution >= 4 is 49.2 Å². The molecule has 3 fully saturated rings. The summed E-state index contributed by atoms with van der Waals surface area (Å²) in [5.74, 6) is -0.0492. The molecule has 0 aliphatic carbocycles. The van der Waals surface area contributed by atoms with Crippen LogP contribution in [0.2, 0.25) is 10.0 Å². The predicted octanol–water partition coefficient (Wildman–Crippen LogP) is 5.20. The molecule has 15 heteroatoms. The molecule has 0 bridgehead atoms. The standard InChI is InChI=1S/C36H45Cl2N5O6S2/c1-4-49-31-23-25(3)32(51(47,48)43-17-7-6-8-18-43)24-30(31)36(35(44)41-19-21-42(22-20-41)50(45,46)5-2)39-33(26-9-13-28(37)14-10-26)34(40-36)27-11-15-29(38)16-12-27/h9-16,23-24,33-34,39-40H,4-8,17-22H2,1-3H3/t33-,34+,36?. The van der Waals surface area contributed by atoms with Gasteiger partial charge in [0.1, 0.15) is 5.75 Å². The number of benzene rings is 3. The molecule has 3 aliphatic rings. The maximum Gasteiger partial charge on any atom is 0.262 e. The van der Waals surface area contributed by atoms with Crippen LogP contribution >= 0.6 is 23.2 Å². The lowest BCUT2D eigenvalue weighted by molar-refractivity contribution is -0.141. The van der Waals surface area contributed by atoms with E-state index in [2.05, 4.69) is 10.6 Å². The second kappa shape index (κ2) is 15.3. The number of rotatable bonds is 10. The molecule has 276 valence electrons. The van der Waals surface area contributed by atoms with E-state index in [0.717, 1.165) is 30.4 Å². The maximum atomic E-state index is 15.3. The Bertz CT molecular complexity index is 1900. The molecule has 3 heterocycles. The second-order valence-electron chi connectivity index (χ2n) is 13.2. The fourth-order valence-electron chi connectivity index (χ4n) is 7.30. The normalized spacial score (nSPS) is 23.7. The second-order valence-corrected chi connectivity index (χ2v) is 18.2. The van der Waals surface area contributed by atoms with E-state index in [0.29, 0.717) is 40.0 Å². The summed E-state index contributed by atoms with van der Waals surface area (Å²) in [7, 11) is -7.38. The van der Waals surface area contributed by atoms with Crippen molar-refractivity contribution < 1.29 is 26.4 Å². The third-order valence-corrected chi connectivity index (χ3v) is 14.5. The van der Waals surface area contributed by atoms with Crippen LogP contribution in [0.25, 0.3) is 0 Å². The van der Waals surface area contributed by atoms with Crippen LogP contribution in [-0.4, -0.2) is 87.9 Å². The molecule has 3 aromatic carbocycles. The fourth-order valence-corrected chi connectivity index (χ4v) is 10.4. The third kappa shape index (κ3) is 7.54. The van der Waals surface area contributed by atoms with E-state index in [4.69, 9.17) is 27.9 Å². The first kappa shape index (κ1) is 38.0. The Hall–Kier alpha value is -2.75. The van der Waals surface area contributed by atoms with E-state index in [9.17, 15) is 16.8 Å². The van der Waals surface area contributed by atoms with Gasteiger partial charge in [0.25, 0.3) is 5.91 Å². The van der Waals surface area contributed by atoms with Gasteiger partial charge in [-0.3, -0.25) is 15.4 Å². The van der Waals surface area contributed by atoms with Crippen molar-refractivity contribution in [2.24, 2.45) is 0 Å². The van der Waals surface area contributed by atoms with Crippen molar-refractivity contribution in [1.29, 1.82) is 0 Å². The summed E-state index contributed by atoms with van der Waals surface area (Å²) in [6.07, 6.45) is 2.52. The number of sulfonamides is 2. The van der Waals surface area contributed by atoms with Gasteiger partial charge in [-0.05, 0) is 86.7 Å². The molecule has 3 aromatic rings. The minimum Gasteiger partial charge on any atom is -0.493 e. The molecular weight excluding hydrogens is 733 g/mol. The number of nitrogens with one attached hydrogen (secondary N) is 2. The van der Waals surface area contributed by atoms with Crippen molar-refractivity contribution in [1.82, 2.24) is 24.1 Å². The molecule has 0 saturated carbocycles. The summed E-state index contributed by atoms with van der Waals surface area (Å²) < 4.78 is 63.2. The number of amides is 1. The van der Waals surface area contributed by atoms with Gasteiger partial charge in [-0.1, -0.05) is 53.9 Å². The van der Waals surface area contributed by atoms with Crippen LogP contribution in [-0.2, 0) is 30.5 Å². The molecule has 1 amide bonds. The monoisotopic (exact) mass is 777 g/mol. The van der Waals surface area contributed by atoms with E-state index in [-0.39, 0.29) is 49.3 Å². The molecule has 0 aromatic heterocycles. The van der Waals surface area contributed by atoms with Crippen molar-refractivity contribution in [3.8, 4) is 5.75 Å². The third-order valence-electron chi connectivity index (χ3n) is 10.1. The maximum absolute atomic E-state index is 15.3. The van der Waals surface area contributed by atoms with E-state index < -0.39 is 37.8 Å². The van der Waals surface area contributed by atoms with Gasteiger partial charge >= 0.3 is 0 Å². The average Bonchev–Trinajstić information content (AvgIpc) is 3.54. The largest absolute Gasteiger partial charge is 0.493 e. The number of hydrogen-bond acceptors (Lipinski definition) is 8. The first-order valence-corrected chi connectivity index (χ1v) is 21.2. The van der Waals surface area contributed by atoms with Gasteiger partial charge in [0.05, 0.1) is 29.3 Å². The molecule has 1 unspecified atom stereocenters. The highest BCUT2D eigenvalue weighted by atomic mass is 35.5. The summed E-state index contributed by atoms with van der Waals surface area (Å²) in [5.41, 5.74) is 0.813. The molecular formula is C36H45Cl2N5O6S2. The zero-order chi connectivity index (χ0) is 36.6. The lowest BCUT2D eigenvalue weighted by Crippen LogP contribution is -2.62. The number of carbonyl (C=O) groups is 1. The van der Waals surface area contributed by atoms with Crippen LogP contribution in [0.15, 0.2) is 65.6 Å². The van der Waals surface area contributed by atoms with Crippen molar-refractivity contribution in [3.05, 3.63) is 93.0 Å². The van der Waals surface area contributed by atoms with Crippen molar-refractivity contribution in [3.63, 3.8) is 0 Å². The predicted molar refractivity (Wildman–Crippen MR) is 199 cm³/mol. The van der Waals surface area contributed by atoms with Crippen LogP contribution in [0.3, 0.4) is 0 Å². The van der Waals surface area contributed by atoms with Crippen molar-refractivity contribution in [2.75, 3.05) is 51.6 Å². The van der Waals surface area contributed by atoms with Crippen LogP contribution < -0.4 is 15.4 Å². The highest BCUT2D eigenvalue weighted by molar-refractivity contribution is 7.89. The topological polar surface area (TPSA) is 128 Å². The molecule has 0 radical (unpaired) electrons. The van der Waals surface area contributed by atoms with Crippen LogP contribution in [0, 0.1) is 6.92 Å². The number of halogens is 2. The summed E-state index contributed by atoms with van der Waals surface area (Å²) >= 11 is 12.6. The van der Waals surface area contributed by atoms with Gasteiger partial charge in [0.2, 0.25) is 20.0 Å². The number of carbonyl (C=O) groups excluding carboxylic acids is 1. The summed E-state index contributed by atoms with van der Waals surface area (Å²) in [6, 6.07) is 17.0. The molecule has 51 heavy (non-hydrogen) atoms. The summed E-state index contributed by atoms with van der Waals surface area (Å²) in [4.78, 5) is 17.0. The Morgan fingerprint density at radius 2 is 1.31 bits per heavy atom. The van der Waals surface area contributed by atoms with E-state index in [1.807, 2.05) is 31.2 Å². The highest BCUT2D eigenvalue weighted by Gasteiger charge is 2.55. The minimum atomic E-state index is -3.93. The van der Waals surface area contributed by atoms with Crippen molar-refractivity contribution in [2.45, 2.75) is 62.7 Å². The van der Waals surface area contributed by atoms with Crippen LogP contribution in [0.4, 0.5) is 0 Å². The average molecular weight is 779 g/mol. The Balaban J connectivity index is 1.54. The Labute approximate surface area is 311 Å². The number of piperazine rings is 1. The van der Waals surface area contributed by atoms with Gasteiger partial charge in [0, 0.05) is 54.9 Å². The number of hydrogen-bond donors (Lipinski definition) is 2. The highest BCUT2D eigenvalue weighted by Crippen LogP contribution is 2.46.